The van der Waals surface area contributed by atoms with E-state index < -0.39 is 153 Å². The quantitative estimate of drug-likeness (QED) is 0.203. The molecule has 0 aromatic heterocycles. The zero-order chi connectivity index (χ0) is 54.4. The second-order valence-electron chi connectivity index (χ2n) is 9.32. The van der Waals surface area contributed by atoms with Gasteiger partial charge in [0.2, 0.25) is 5.91 Å². The summed E-state index contributed by atoms with van der Waals surface area (Å²) in [7, 11) is 0. The van der Waals surface area contributed by atoms with Gasteiger partial charge in [0.05, 0.1) is 19.8 Å². The standard InChI is InChI=1S/C19H23N3O.C19H21N3/c20-18(23)19(21-17-9-5-2-6-10-17)11-13-22(14-12-19)15-16-7-3-1-4-8-16;20-16-19(21-18-9-5-2-6-10-18)11-13-22(14-12-19)15-17-7-3-1-4-8-17/h1-10,21H,11-15H2,(H2,20,23);1-10,21H,11-15H2/i2*2D,5D,6D,9D,10D,11D2,12D2,13D2,14D2. The number of likely N-dealkylation sites (tertiary alicyclic amines) is 2. The van der Waals surface area contributed by atoms with Crippen molar-refractivity contribution >= 4 is 17.3 Å². The number of carbonyl (C=O) groups is 1. The Balaban J connectivity index is 0.000000264. The van der Waals surface area contributed by atoms with Crippen LogP contribution in [-0.4, -0.2) is 52.8 Å². The second-order valence-corrected chi connectivity index (χ2v) is 9.32. The Morgan fingerprint density at radius 3 is 1.58 bits per heavy atom. The summed E-state index contributed by atoms with van der Waals surface area (Å²) >= 11 is 0. The summed E-state index contributed by atoms with van der Waals surface area (Å²) in [5.41, 5.74) is -2.59. The number of hydrogen-bond donors (Lipinski definition) is 3. The lowest BCUT2D eigenvalue weighted by Gasteiger charge is -2.40. The van der Waals surface area contributed by atoms with Crippen LogP contribution in [0.3, 0.4) is 0 Å². The number of carbonyl (C=O) groups excluding carboxylic acids is 1. The molecule has 0 bridgehead atoms. The van der Waals surface area contributed by atoms with Crippen LogP contribution in [0.15, 0.2) is 121 Å². The van der Waals surface area contributed by atoms with E-state index in [9.17, 15) is 10.1 Å². The Labute approximate surface area is 304 Å². The van der Waals surface area contributed by atoms with E-state index in [1.54, 1.807) is 36.4 Å². The van der Waals surface area contributed by atoms with Crippen LogP contribution in [0.2, 0.25) is 0 Å². The molecule has 2 aliphatic heterocycles. The topological polar surface area (TPSA) is 97.4 Å². The molecule has 45 heavy (non-hydrogen) atoms. The summed E-state index contributed by atoms with van der Waals surface area (Å²) in [4.78, 5) is 13.5. The van der Waals surface area contributed by atoms with E-state index in [0.717, 1.165) is 0 Å². The van der Waals surface area contributed by atoms with Crippen molar-refractivity contribution in [2.45, 2.75) is 49.7 Å². The van der Waals surface area contributed by atoms with Crippen LogP contribution < -0.4 is 16.4 Å². The summed E-state index contributed by atoms with van der Waals surface area (Å²) in [5.74, 6) is -1.86. The van der Waals surface area contributed by atoms with Gasteiger partial charge in [-0.2, -0.15) is 5.26 Å². The summed E-state index contributed by atoms with van der Waals surface area (Å²) in [6.45, 7) is -14.6. The van der Waals surface area contributed by atoms with Gasteiger partial charge in [-0.3, -0.25) is 14.6 Å². The van der Waals surface area contributed by atoms with Crippen molar-refractivity contribution in [3.8, 4) is 6.07 Å². The molecule has 1 amide bonds. The van der Waals surface area contributed by atoms with E-state index in [4.69, 9.17) is 41.4 Å². The largest absolute Gasteiger partial charge is 0.371 e. The Bertz CT molecular complexity index is 2650. The van der Waals surface area contributed by atoms with Gasteiger partial charge >= 0.3 is 0 Å². The van der Waals surface area contributed by atoms with Crippen LogP contribution in [0.1, 0.15) is 72.3 Å². The fourth-order valence-corrected chi connectivity index (χ4v) is 3.81. The fourth-order valence-electron chi connectivity index (χ4n) is 3.81. The first-order valence-corrected chi connectivity index (χ1v) is 13.3. The number of amides is 1. The van der Waals surface area contributed by atoms with Crippen molar-refractivity contribution in [3.63, 3.8) is 0 Å². The number of nitriles is 1. The number of rotatable bonds is 9. The minimum absolute atomic E-state index is 0.306. The number of anilines is 2. The first-order chi connectivity index (χ1) is 32.2. The summed E-state index contributed by atoms with van der Waals surface area (Å²) in [6.07, 6.45) is -14.3. The van der Waals surface area contributed by atoms with Crippen LogP contribution >= 0.6 is 0 Å². The van der Waals surface area contributed by atoms with Gasteiger partial charge in [-0.1, -0.05) is 96.9 Å². The van der Waals surface area contributed by atoms with E-state index in [1.165, 1.54) is 30.3 Å². The molecule has 0 radical (unpaired) electrons. The minimum atomic E-state index is -3.65. The number of nitrogens with two attached hydrogens (primary N) is 1. The normalized spacial score (nSPS) is 34.9. The van der Waals surface area contributed by atoms with E-state index in [0.29, 0.717) is 20.9 Å². The lowest BCUT2D eigenvalue weighted by molar-refractivity contribution is -0.123. The molecule has 6 rings (SSSR count). The molecule has 0 unspecified atom stereocenters. The van der Waals surface area contributed by atoms with E-state index >= 15 is 0 Å². The molecule has 0 aliphatic carbocycles. The van der Waals surface area contributed by atoms with Crippen LogP contribution in [0.25, 0.3) is 0 Å². The number of hydrogen-bond acceptors (Lipinski definition) is 6. The molecule has 232 valence electrons. The third-order valence-corrected chi connectivity index (χ3v) is 6.04. The van der Waals surface area contributed by atoms with Crippen molar-refractivity contribution < 1.29 is 40.4 Å². The average molecular weight is 627 g/mol. The smallest absolute Gasteiger partial charge is 0.243 e. The lowest BCUT2D eigenvalue weighted by atomic mass is 9.86. The van der Waals surface area contributed by atoms with E-state index in [2.05, 4.69) is 0 Å². The van der Waals surface area contributed by atoms with Gasteiger partial charge in [0.25, 0.3) is 0 Å². The molecule has 2 fully saturated rings. The van der Waals surface area contributed by atoms with Gasteiger partial charge < -0.3 is 16.4 Å². The molecule has 0 spiro atoms. The zero-order valence-electron chi connectivity index (χ0n) is 49.5. The molecule has 2 aliphatic rings. The third-order valence-electron chi connectivity index (χ3n) is 6.04. The highest BCUT2D eigenvalue weighted by Crippen LogP contribution is 2.29. The van der Waals surface area contributed by atoms with Gasteiger partial charge in [-0.05, 0) is 60.8 Å². The number of para-hydroxylation sites is 2. The summed E-state index contributed by atoms with van der Waals surface area (Å²) in [6, 6.07) is 8.14. The number of primary amides is 1. The molecule has 4 N–H and O–H groups in total. The van der Waals surface area contributed by atoms with Gasteiger partial charge in [0.1, 0.15) is 11.1 Å². The highest BCUT2D eigenvalue weighted by molar-refractivity contribution is 5.88. The van der Waals surface area contributed by atoms with Crippen molar-refractivity contribution in [2.75, 3.05) is 36.6 Å². The van der Waals surface area contributed by atoms with E-state index in [1.807, 2.05) is 10.6 Å². The van der Waals surface area contributed by atoms with Crippen LogP contribution in [-0.2, 0) is 17.9 Å². The maximum Gasteiger partial charge on any atom is 0.243 e. The maximum absolute atomic E-state index is 12.9. The van der Waals surface area contributed by atoms with Gasteiger partial charge in [0, 0.05) is 72.4 Å². The summed E-state index contributed by atoms with van der Waals surface area (Å²) in [5, 5.41) is 14.1. The van der Waals surface area contributed by atoms with Crippen LogP contribution in [0.5, 0.6) is 0 Å². The zero-order valence-corrected chi connectivity index (χ0v) is 23.5. The lowest BCUT2D eigenvalue weighted by Crippen LogP contribution is -2.56. The molecule has 4 aromatic rings. The number of nitrogens with zero attached hydrogens (tertiary/aromatic N) is 3. The molecule has 0 saturated carbocycles. The van der Waals surface area contributed by atoms with Crippen molar-refractivity contribution in [1.82, 2.24) is 9.80 Å². The monoisotopic (exact) mass is 627 g/mol. The van der Waals surface area contributed by atoms with Crippen molar-refractivity contribution in [2.24, 2.45) is 5.73 Å². The molecule has 7 nitrogen and oxygen atoms in total. The molecule has 2 heterocycles. The van der Waals surface area contributed by atoms with Gasteiger partial charge in [0.15, 0.2) is 0 Å². The average Bonchev–Trinajstić information content (AvgIpc) is 3.29. The maximum atomic E-state index is 12.9. The van der Waals surface area contributed by atoms with Crippen molar-refractivity contribution in [3.05, 3.63) is 132 Å². The first kappa shape index (κ1) is 12.6. The highest BCUT2D eigenvalue weighted by atomic mass is 16.1. The highest BCUT2D eigenvalue weighted by Gasteiger charge is 2.40. The first-order valence-electron chi connectivity index (χ1n) is 26.3. The third kappa shape index (κ3) is 8.95. The Morgan fingerprint density at radius 2 is 1.16 bits per heavy atom. The van der Waals surface area contributed by atoms with E-state index in [-0.39, 0.29) is 0 Å². The molecular weight excluding hydrogens is 556 g/mol. The Morgan fingerprint density at radius 1 is 0.733 bits per heavy atom. The summed E-state index contributed by atoms with van der Waals surface area (Å²) < 4.78 is 217. The van der Waals surface area contributed by atoms with Crippen LogP contribution in [0.4, 0.5) is 11.4 Å². The molecule has 0 atom stereocenters. The van der Waals surface area contributed by atoms with Gasteiger partial charge in [-0.25, -0.2) is 0 Å². The molecular formula is C38H44N6O. The predicted molar refractivity (Wildman–Crippen MR) is 182 cm³/mol. The predicted octanol–water partition coefficient (Wildman–Crippen LogP) is 6.28. The molecule has 7 heteroatoms. The number of piperidine rings is 2. The number of nitrogens with one attached hydrogen (secondary N) is 2. The Hall–Kier alpha value is -4.64. The fraction of sp³-hybridized carbons (Fsp3) is 0.316. The molecule has 4 aromatic carbocycles. The Kier molecular flexibility index (Phi) is 4.32. The van der Waals surface area contributed by atoms with Crippen LogP contribution in [0, 0.1) is 11.3 Å². The SMILES string of the molecule is [2H]c1c([2H])c([2H])c(NC2(C#N)C([2H])([2H])C([2H])([2H])N(Cc3ccccc3)C([2H])([2H])C2([2H])[2H])c([2H])c1[2H].[2H]c1c([2H])c([2H])c(NC2(C(N)=O)C([2H])([2H])C([2H])([2H])N(Cc3ccccc3)C([2H])([2H])C2([2H])[2H])c([2H])c1[2H]. The minimum Gasteiger partial charge on any atom is -0.371 e. The van der Waals surface area contributed by atoms with Gasteiger partial charge in [-0.15, -0.1) is 0 Å². The molecule has 2 saturated heterocycles. The second kappa shape index (κ2) is 15.4. The number of benzene rings is 4. The van der Waals surface area contributed by atoms with Crippen molar-refractivity contribution in [1.29, 1.82) is 5.26 Å².